The fourth-order valence-corrected chi connectivity index (χ4v) is 2.67. The van der Waals surface area contributed by atoms with Gasteiger partial charge in [-0.2, -0.15) is 0 Å². The van der Waals surface area contributed by atoms with Gasteiger partial charge in [-0.1, -0.05) is 26.7 Å². The first-order chi connectivity index (χ1) is 11.7. The van der Waals surface area contributed by atoms with E-state index in [1.54, 1.807) is 0 Å². The molecule has 0 amide bonds. The molecule has 3 unspecified atom stereocenters. The Balaban J connectivity index is 0. The Hall–Kier alpha value is 0.307. The Labute approximate surface area is 170 Å². The van der Waals surface area contributed by atoms with E-state index in [1.807, 2.05) is 13.8 Å². The van der Waals surface area contributed by atoms with Crippen LogP contribution in [0.15, 0.2) is 0 Å². The molecule has 3 atom stereocenters. The maximum absolute atomic E-state index is 11.3. The SMILES string of the molecule is CCCCOCC(O)CN(CC(O)COCCCC)C(C)S(=O)(=O)[O-].[Li+]. The fourth-order valence-electron chi connectivity index (χ4n) is 2.13. The van der Waals surface area contributed by atoms with Crippen molar-refractivity contribution in [2.24, 2.45) is 0 Å². The third kappa shape index (κ3) is 14.4. The van der Waals surface area contributed by atoms with Crippen molar-refractivity contribution in [2.75, 3.05) is 39.5 Å². The van der Waals surface area contributed by atoms with Crippen molar-refractivity contribution >= 4 is 10.1 Å². The fraction of sp³-hybridized carbons (Fsp3) is 1.00. The van der Waals surface area contributed by atoms with E-state index in [2.05, 4.69) is 0 Å². The van der Waals surface area contributed by atoms with Gasteiger partial charge in [-0.15, -0.1) is 0 Å². The molecule has 0 fully saturated rings. The average Bonchev–Trinajstić information content (AvgIpc) is 2.53. The second-order valence-electron chi connectivity index (χ2n) is 6.21. The van der Waals surface area contributed by atoms with E-state index in [0.717, 1.165) is 25.7 Å². The quantitative estimate of drug-likeness (QED) is 0.169. The zero-order chi connectivity index (χ0) is 19.3. The first-order valence-electron chi connectivity index (χ1n) is 8.92. The second kappa shape index (κ2) is 16.3. The second-order valence-corrected chi connectivity index (χ2v) is 7.88. The van der Waals surface area contributed by atoms with Crippen molar-refractivity contribution in [3.05, 3.63) is 0 Å². The molecule has 26 heavy (non-hydrogen) atoms. The standard InChI is InChI=1S/C16H35NO7S.Li/c1-4-6-8-23-12-15(18)10-17(14(3)25(20,21)22)11-16(19)13-24-9-7-5-2;/h14-16,18-19H,4-13H2,1-3H3,(H,20,21,22);/q;+1/p-1. The summed E-state index contributed by atoms with van der Waals surface area (Å²) in [5.74, 6) is 0. The molecule has 0 spiro atoms. The van der Waals surface area contributed by atoms with Gasteiger partial charge >= 0.3 is 18.9 Å². The van der Waals surface area contributed by atoms with Gasteiger partial charge in [0, 0.05) is 26.3 Å². The smallest absolute Gasteiger partial charge is 0.747 e. The number of ether oxygens (including phenoxy) is 2. The maximum atomic E-state index is 11.3. The molecule has 152 valence electrons. The van der Waals surface area contributed by atoms with Crippen LogP contribution in [-0.2, 0) is 19.6 Å². The van der Waals surface area contributed by atoms with Crippen LogP contribution in [0, 0.1) is 0 Å². The Morgan fingerprint density at radius 3 is 1.65 bits per heavy atom. The van der Waals surface area contributed by atoms with Gasteiger partial charge in [0.25, 0.3) is 0 Å². The zero-order valence-electron chi connectivity index (χ0n) is 16.6. The van der Waals surface area contributed by atoms with Crippen molar-refractivity contribution in [3.8, 4) is 0 Å². The first kappa shape index (κ1) is 28.5. The van der Waals surface area contributed by atoms with Crippen LogP contribution >= 0.6 is 0 Å². The number of aliphatic hydroxyl groups is 2. The summed E-state index contributed by atoms with van der Waals surface area (Å²) in [4.78, 5) is 1.25. The van der Waals surface area contributed by atoms with E-state index >= 15 is 0 Å². The molecule has 10 heteroatoms. The van der Waals surface area contributed by atoms with Crippen LogP contribution < -0.4 is 18.9 Å². The predicted molar refractivity (Wildman–Crippen MR) is 94.2 cm³/mol. The molecular weight excluding hydrogens is 357 g/mol. The van der Waals surface area contributed by atoms with Gasteiger partial charge in [0.05, 0.1) is 30.8 Å². The van der Waals surface area contributed by atoms with E-state index in [9.17, 15) is 23.2 Å². The molecule has 8 nitrogen and oxygen atoms in total. The Bertz CT molecular complexity index is 405. The molecular formula is C16H34LiNO7S. The molecule has 0 aromatic carbocycles. The van der Waals surface area contributed by atoms with Crippen LogP contribution in [0.4, 0.5) is 0 Å². The molecule has 0 radical (unpaired) electrons. The summed E-state index contributed by atoms with van der Waals surface area (Å²) >= 11 is 0. The molecule has 0 bridgehead atoms. The minimum absolute atomic E-state index is 0. The summed E-state index contributed by atoms with van der Waals surface area (Å²) < 4.78 is 44.5. The zero-order valence-corrected chi connectivity index (χ0v) is 17.4. The van der Waals surface area contributed by atoms with Crippen molar-refractivity contribution < 1.29 is 51.5 Å². The van der Waals surface area contributed by atoms with Crippen LogP contribution in [0.3, 0.4) is 0 Å². The van der Waals surface area contributed by atoms with Gasteiger partial charge in [0.15, 0.2) is 0 Å². The average molecular weight is 391 g/mol. The summed E-state index contributed by atoms with van der Waals surface area (Å²) in [5.41, 5.74) is 0. The first-order valence-corrected chi connectivity index (χ1v) is 10.4. The van der Waals surface area contributed by atoms with E-state index < -0.39 is 27.7 Å². The van der Waals surface area contributed by atoms with Gasteiger partial charge in [-0.05, 0) is 19.8 Å². The van der Waals surface area contributed by atoms with E-state index in [0.29, 0.717) is 13.2 Å². The van der Waals surface area contributed by atoms with Gasteiger partial charge in [0.2, 0.25) is 0 Å². The summed E-state index contributed by atoms with van der Waals surface area (Å²) in [6, 6.07) is 0. The van der Waals surface area contributed by atoms with Gasteiger partial charge < -0.3 is 24.2 Å². The maximum Gasteiger partial charge on any atom is 1.00 e. The topological polar surface area (TPSA) is 119 Å². The molecule has 0 aromatic rings. The largest absolute Gasteiger partial charge is 1.00 e. The molecule has 0 saturated carbocycles. The molecule has 2 N–H and O–H groups in total. The van der Waals surface area contributed by atoms with Crippen molar-refractivity contribution in [1.29, 1.82) is 0 Å². The summed E-state index contributed by atoms with van der Waals surface area (Å²) in [7, 11) is -4.58. The molecule has 0 rings (SSSR count). The monoisotopic (exact) mass is 391 g/mol. The minimum Gasteiger partial charge on any atom is -0.747 e. The van der Waals surface area contributed by atoms with E-state index in [-0.39, 0.29) is 45.2 Å². The summed E-state index contributed by atoms with van der Waals surface area (Å²) in [6.45, 7) is 6.24. The number of hydrogen-bond acceptors (Lipinski definition) is 8. The minimum atomic E-state index is -4.58. The van der Waals surface area contributed by atoms with Gasteiger partial charge in [0.1, 0.15) is 10.1 Å². The molecule has 0 aliphatic rings. The van der Waals surface area contributed by atoms with Crippen molar-refractivity contribution in [2.45, 2.75) is 64.0 Å². The van der Waals surface area contributed by atoms with Crippen LogP contribution in [0.1, 0.15) is 46.5 Å². The summed E-state index contributed by atoms with van der Waals surface area (Å²) in [6.07, 6.45) is 1.78. The molecule has 0 saturated heterocycles. The van der Waals surface area contributed by atoms with Crippen LogP contribution in [0.2, 0.25) is 0 Å². The molecule has 0 aromatic heterocycles. The number of unbranched alkanes of at least 4 members (excludes halogenated alkanes) is 2. The van der Waals surface area contributed by atoms with Crippen LogP contribution in [-0.4, -0.2) is 85.2 Å². The number of hydrogen-bond donors (Lipinski definition) is 2. The Morgan fingerprint density at radius 1 is 0.962 bits per heavy atom. The Kier molecular flexibility index (Phi) is 17.9. The number of nitrogens with zero attached hydrogens (tertiary/aromatic N) is 1. The number of rotatable bonds is 16. The van der Waals surface area contributed by atoms with Crippen LogP contribution in [0.5, 0.6) is 0 Å². The van der Waals surface area contributed by atoms with Crippen molar-refractivity contribution in [3.63, 3.8) is 0 Å². The Morgan fingerprint density at radius 2 is 1.35 bits per heavy atom. The third-order valence-corrected chi connectivity index (χ3v) is 4.86. The van der Waals surface area contributed by atoms with Crippen molar-refractivity contribution in [1.82, 2.24) is 4.90 Å². The molecule has 0 heterocycles. The summed E-state index contributed by atoms with van der Waals surface area (Å²) in [5, 5.41) is 18.7. The van der Waals surface area contributed by atoms with Crippen LogP contribution in [0.25, 0.3) is 0 Å². The molecule has 0 aliphatic carbocycles. The van der Waals surface area contributed by atoms with E-state index in [4.69, 9.17) is 9.47 Å². The van der Waals surface area contributed by atoms with E-state index in [1.165, 1.54) is 11.8 Å². The number of aliphatic hydroxyl groups excluding tert-OH is 2. The molecule has 0 aliphatic heterocycles. The van der Waals surface area contributed by atoms with Gasteiger partial charge in [-0.25, -0.2) is 8.42 Å². The normalized spacial score (nSPS) is 15.5. The third-order valence-electron chi connectivity index (χ3n) is 3.73. The van der Waals surface area contributed by atoms with Gasteiger partial charge in [-0.3, -0.25) is 4.90 Å². The predicted octanol–water partition coefficient (Wildman–Crippen LogP) is -2.46.